The minimum Gasteiger partial charge on any atom is -0.344 e. The number of benzene rings is 1. The van der Waals surface area contributed by atoms with E-state index in [1.165, 1.54) is 16.6 Å². The first-order chi connectivity index (χ1) is 12.6. The first-order valence-corrected chi connectivity index (χ1v) is 8.87. The van der Waals surface area contributed by atoms with E-state index in [2.05, 4.69) is 26.3 Å². The summed E-state index contributed by atoms with van der Waals surface area (Å²) < 4.78 is 42.1. The molecular formula is C16H13BrClF3N4O2. The van der Waals surface area contributed by atoms with Gasteiger partial charge in [0.25, 0.3) is 0 Å². The minimum absolute atomic E-state index is 0.184. The summed E-state index contributed by atoms with van der Waals surface area (Å²) in [6, 6.07) is 1.57. The SMILES string of the molecule is CN1C[C@H](c2nn(C)c(Cl)c2Br)[C@@H](C(=O)Nc2ccc(F)c(F)c2F)C1=O. The van der Waals surface area contributed by atoms with Crippen LogP contribution in [-0.4, -0.2) is 40.1 Å². The Balaban J connectivity index is 1.94. The lowest BCUT2D eigenvalue weighted by Crippen LogP contribution is -2.33. The Morgan fingerprint density at radius 1 is 1.30 bits per heavy atom. The molecule has 3 rings (SSSR count). The number of carbonyl (C=O) groups is 2. The first-order valence-electron chi connectivity index (χ1n) is 7.70. The number of amides is 2. The molecule has 0 radical (unpaired) electrons. The van der Waals surface area contributed by atoms with Gasteiger partial charge in [0.15, 0.2) is 17.5 Å². The van der Waals surface area contributed by atoms with E-state index < -0.39 is 46.8 Å². The summed E-state index contributed by atoms with van der Waals surface area (Å²) in [7, 11) is 3.11. The smallest absolute Gasteiger partial charge is 0.237 e. The van der Waals surface area contributed by atoms with Crippen molar-refractivity contribution in [1.29, 1.82) is 0 Å². The summed E-state index contributed by atoms with van der Waals surface area (Å²) in [6.45, 7) is 0.184. The molecule has 0 aliphatic carbocycles. The Hall–Kier alpha value is -2.07. The molecule has 2 amide bonds. The zero-order chi connectivity index (χ0) is 20.0. The van der Waals surface area contributed by atoms with Gasteiger partial charge in [0, 0.05) is 26.6 Å². The van der Waals surface area contributed by atoms with Crippen molar-refractivity contribution in [2.45, 2.75) is 5.92 Å². The summed E-state index contributed by atoms with van der Waals surface area (Å²) in [4.78, 5) is 26.5. The number of aromatic nitrogens is 2. The zero-order valence-corrected chi connectivity index (χ0v) is 16.4. The molecule has 1 N–H and O–H groups in total. The van der Waals surface area contributed by atoms with E-state index in [0.29, 0.717) is 16.2 Å². The van der Waals surface area contributed by atoms with Gasteiger partial charge in [-0.15, -0.1) is 0 Å². The molecule has 27 heavy (non-hydrogen) atoms. The van der Waals surface area contributed by atoms with Crippen LogP contribution in [0.4, 0.5) is 18.9 Å². The van der Waals surface area contributed by atoms with Crippen molar-refractivity contribution in [3.63, 3.8) is 0 Å². The highest BCUT2D eigenvalue weighted by atomic mass is 79.9. The molecular weight excluding hydrogens is 453 g/mol. The maximum absolute atomic E-state index is 13.9. The van der Waals surface area contributed by atoms with E-state index in [-0.39, 0.29) is 11.7 Å². The number of hydrogen-bond acceptors (Lipinski definition) is 3. The predicted octanol–water partition coefficient (Wildman–Crippen LogP) is 3.06. The molecule has 1 aromatic heterocycles. The van der Waals surface area contributed by atoms with Crippen molar-refractivity contribution in [2.75, 3.05) is 18.9 Å². The molecule has 2 heterocycles. The number of carbonyl (C=O) groups excluding carboxylic acids is 2. The second-order valence-electron chi connectivity index (χ2n) is 6.13. The maximum Gasteiger partial charge on any atom is 0.237 e. The van der Waals surface area contributed by atoms with Crippen LogP contribution in [-0.2, 0) is 16.6 Å². The fraction of sp³-hybridized carbons (Fsp3) is 0.312. The van der Waals surface area contributed by atoms with Gasteiger partial charge in [0.1, 0.15) is 11.1 Å². The third-order valence-electron chi connectivity index (χ3n) is 4.39. The van der Waals surface area contributed by atoms with Crippen LogP contribution in [0.3, 0.4) is 0 Å². The third kappa shape index (κ3) is 3.31. The standard InChI is InChI=1S/C16H13BrClF3N4O2/c1-24-5-6(13-10(17)14(18)25(2)23-13)9(16(24)27)15(26)22-8-4-3-7(19)11(20)12(8)21/h3-4,6,9H,5H2,1-2H3,(H,22,26)/t6-,9-/m0/s1. The van der Waals surface area contributed by atoms with Gasteiger partial charge in [-0.1, -0.05) is 11.6 Å². The Labute approximate surface area is 165 Å². The van der Waals surface area contributed by atoms with Gasteiger partial charge in [-0.3, -0.25) is 14.3 Å². The molecule has 1 aromatic carbocycles. The third-order valence-corrected chi connectivity index (χ3v) is 5.83. The lowest BCUT2D eigenvalue weighted by atomic mass is 9.91. The molecule has 0 spiro atoms. The quantitative estimate of drug-likeness (QED) is 0.560. The summed E-state index contributed by atoms with van der Waals surface area (Å²) in [5.74, 6) is -7.89. The fourth-order valence-corrected chi connectivity index (χ4v) is 3.77. The normalized spacial score (nSPS) is 19.7. The average molecular weight is 466 g/mol. The van der Waals surface area contributed by atoms with Crippen molar-refractivity contribution in [2.24, 2.45) is 13.0 Å². The summed E-state index contributed by atoms with van der Waals surface area (Å²) in [5, 5.41) is 6.69. The molecule has 11 heteroatoms. The monoisotopic (exact) mass is 464 g/mol. The average Bonchev–Trinajstić information content (AvgIpc) is 3.06. The van der Waals surface area contributed by atoms with Crippen LogP contribution in [0.25, 0.3) is 0 Å². The van der Waals surface area contributed by atoms with Gasteiger partial charge in [0.2, 0.25) is 11.8 Å². The second-order valence-corrected chi connectivity index (χ2v) is 7.28. The van der Waals surface area contributed by atoms with Crippen LogP contribution in [0, 0.1) is 23.4 Å². The molecule has 0 saturated carbocycles. The number of halogens is 5. The van der Waals surface area contributed by atoms with Crippen molar-refractivity contribution < 1.29 is 22.8 Å². The molecule has 2 aromatic rings. The van der Waals surface area contributed by atoms with Crippen LogP contribution in [0.1, 0.15) is 11.6 Å². The van der Waals surface area contributed by atoms with Crippen molar-refractivity contribution >= 4 is 45.0 Å². The number of anilines is 1. The van der Waals surface area contributed by atoms with Gasteiger partial charge < -0.3 is 10.2 Å². The Morgan fingerprint density at radius 2 is 1.96 bits per heavy atom. The maximum atomic E-state index is 13.9. The van der Waals surface area contributed by atoms with Gasteiger partial charge in [-0.05, 0) is 28.1 Å². The molecule has 1 fully saturated rings. The Morgan fingerprint density at radius 3 is 2.56 bits per heavy atom. The predicted molar refractivity (Wildman–Crippen MR) is 94.7 cm³/mol. The highest BCUT2D eigenvalue weighted by Gasteiger charge is 2.46. The minimum atomic E-state index is -1.71. The highest BCUT2D eigenvalue weighted by molar-refractivity contribution is 9.10. The fourth-order valence-electron chi connectivity index (χ4n) is 3.01. The van der Waals surface area contributed by atoms with Gasteiger partial charge in [-0.2, -0.15) is 5.10 Å². The largest absolute Gasteiger partial charge is 0.344 e. The molecule has 1 aliphatic rings. The van der Waals surface area contributed by atoms with E-state index in [1.807, 2.05) is 0 Å². The molecule has 0 unspecified atom stereocenters. The summed E-state index contributed by atoms with van der Waals surface area (Å²) in [5.41, 5.74) is -0.163. The number of likely N-dealkylation sites (N-methyl/N-ethyl adjacent to an activating group) is 1. The number of aryl methyl sites for hydroxylation is 1. The number of hydrogen-bond donors (Lipinski definition) is 1. The molecule has 144 valence electrons. The second kappa shape index (κ2) is 7.16. The Bertz CT molecular complexity index is 952. The van der Waals surface area contributed by atoms with E-state index in [4.69, 9.17) is 11.6 Å². The topological polar surface area (TPSA) is 67.2 Å². The van der Waals surface area contributed by atoms with Crippen LogP contribution >= 0.6 is 27.5 Å². The van der Waals surface area contributed by atoms with Gasteiger partial charge in [-0.25, -0.2) is 13.2 Å². The number of likely N-dealkylation sites (tertiary alicyclic amines) is 1. The molecule has 0 bridgehead atoms. The summed E-state index contributed by atoms with van der Waals surface area (Å²) in [6.07, 6.45) is 0. The van der Waals surface area contributed by atoms with E-state index in [0.717, 1.165) is 6.07 Å². The molecule has 1 aliphatic heterocycles. The van der Waals surface area contributed by atoms with Crippen LogP contribution < -0.4 is 5.32 Å². The van der Waals surface area contributed by atoms with E-state index in [1.54, 1.807) is 7.05 Å². The highest BCUT2D eigenvalue weighted by Crippen LogP contribution is 2.39. The van der Waals surface area contributed by atoms with Crippen LogP contribution in [0.5, 0.6) is 0 Å². The van der Waals surface area contributed by atoms with Crippen LogP contribution in [0.2, 0.25) is 5.15 Å². The lowest BCUT2D eigenvalue weighted by molar-refractivity contribution is -0.135. The number of nitrogens with zero attached hydrogens (tertiary/aromatic N) is 3. The lowest BCUT2D eigenvalue weighted by Gasteiger charge is -2.16. The van der Waals surface area contributed by atoms with Crippen molar-refractivity contribution in [1.82, 2.24) is 14.7 Å². The van der Waals surface area contributed by atoms with Gasteiger partial charge in [0.05, 0.1) is 15.9 Å². The summed E-state index contributed by atoms with van der Waals surface area (Å²) >= 11 is 9.38. The Kier molecular flexibility index (Phi) is 5.22. The van der Waals surface area contributed by atoms with E-state index >= 15 is 0 Å². The molecule has 6 nitrogen and oxygen atoms in total. The van der Waals surface area contributed by atoms with Gasteiger partial charge >= 0.3 is 0 Å². The number of rotatable bonds is 3. The van der Waals surface area contributed by atoms with Crippen molar-refractivity contribution in [3.8, 4) is 0 Å². The first kappa shape index (κ1) is 19.7. The zero-order valence-electron chi connectivity index (χ0n) is 14.1. The van der Waals surface area contributed by atoms with Crippen molar-refractivity contribution in [3.05, 3.63) is 44.9 Å². The number of nitrogens with one attached hydrogen (secondary N) is 1. The molecule has 2 atom stereocenters. The van der Waals surface area contributed by atoms with Crippen LogP contribution in [0.15, 0.2) is 16.6 Å². The molecule has 1 saturated heterocycles. The van der Waals surface area contributed by atoms with E-state index in [9.17, 15) is 22.8 Å².